The van der Waals surface area contributed by atoms with Gasteiger partial charge < -0.3 is 23.7 Å². The number of esters is 3. The quantitative estimate of drug-likeness (QED) is 0.154. The summed E-state index contributed by atoms with van der Waals surface area (Å²) in [6, 6.07) is 14.3. The Balaban J connectivity index is 2.00. The standard InChI is InChI=1S/C31H38O8/c1-5-7-8-25(6-2)31(34)38-22-28(39-30(33)20-14-24-11-17-27(36-4)18-12-24)21-37-29(32)19-13-23-9-15-26(35-3)16-10-23/h9-20,25,28H,5-8,21-22H2,1-4H3. The Labute approximate surface area is 230 Å². The molecular weight excluding hydrogens is 500 g/mol. The number of methoxy groups -OCH3 is 2. The average molecular weight is 539 g/mol. The lowest BCUT2D eigenvalue weighted by Crippen LogP contribution is -2.31. The van der Waals surface area contributed by atoms with Gasteiger partial charge >= 0.3 is 17.9 Å². The van der Waals surface area contributed by atoms with Gasteiger partial charge in [-0.15, -0.1) is 0 Å². The van der Waals surface area contributed by atoms with Crippen molar-refractivity contribution < 1.29 is 38.1 Å². The summed E-state index contributed by atoms with van der Waals surface area (Å²) >= 11 is 0. The maximum atomic E-state index is 12.6. The summed E-state index contributed by atoms with van der Waals surface area (Å²) in [4.78, 5) is 37.4. The van der Waals surface area contributed by atoms with Crippen LogP contribution < -0.4 is 9.47 Å². The second kappa shape index (κ2) is 17.4. The molecule has 0 heterocycles. The third-order valence-corrected chi connectivity index (χ3v) is 5.89. The van der Waals surface area contributed by atoms with Gasteiger partial charge in [-0.3, -0.25) is 4.79 Å². The molecule has 0 aromatic heterocycles. The molecule has 0 aliphatic heterocycles. The van der Waals surface area contributed by atoms with Gasteiger partial charge in [-0.05, 0) is 60.4 Å². The van der Waals surface area contributed by atoms with E-state index in [0.717, 1.165) is 30.4 Å². The lowest BCUT2D eigenvalue weighted by molar-refractivity contribution is -0.164. The lowest BCUT2D eigenvalue weighted by Gasteiger charge is -2.19. The number of rotatable bonds is 16. The van der Waals surface area contributed by atoms with Crippen LogP contribution in [0.5, 0.6) is 11.5 Å². The molecule has 0 spiro atoms. The van der Waals surface area contributed by atoms with Crippen LogP contribution in [0.15, 0.2) is 60.7 Å². The number of ether oxygens (including phenoxy) is 5. The summed E-state index contributed by atoms with van der Waals surface area (Å²) in [6.07, 6.45) is 8.03. The Bertz CT molecular complexity index is 1090. The van der Waals surface area contributed by atoms with Crippen molar-refractivity contribution in [1.82, 2.24) is 0 Å². The Morgan fingerprint density at radius 1 is 0.744 bits per heavy atom. The summed E-state index contributed by atoms with van der Waals surface area (Å²) in [6.45, 7) is 3.50. The summed E-state index contributed by atoms with van der Waals surface area (Å²) in [7, 11) is 3.15. The molecule has 39 heavy (non-hydrogen) atoms. The fourth-order valence-corrected chi connectivity index (χ4v) is 3.53. The van der Waals surface area contributed by atoms with Gasteiger partial charge in [-0.25, -0.2) is 9.59 Å². The molecule has 210 valence electrons. The normalized spacial score (nSPS) is 12.6. The Morgan fingerprint density at radius 3 is 1.74 bits per heavy atom. The van der Waals surface area contributed by atoms with Crippen molar-refractivity contribution in [3.63, 3.8) is 0 Å². The van der Waals surface area contributed by atoms with Gasteiger partial charge in [0.1, 0.15) is 24.7 Å². The molecule has 0 amide bonds. The fourth-order valence-electron chi connectivity index (χ4n) is 3.53. The van der Waals surface area contributed by atoms with Crippen molar-refractivity contribution in [3.05, 3.63) is 71.8 Å². The molecule has 8 heteroatoms. The van der Waals surface area contributed by atoms with Crippen LogP contribution in [0, 0.1) is 5.92 Å². The number of unbranched alkanes of at least 4 members (excludes halogenated alkanes) is 1. The monoisotopic (exact) mass is 538 g/mol. The Kier molecular flexibility index (Phi) is 13.9. The summed E-state index contributed by atoms with van der Waals surface area (Å²) < 4.78 is 26.4. The van der Waals surface area contributed by atoms with Crippen LogP contribution in [0.1, 0.15) is 50.7 Å². The van der Waals surface area contributed by atoms with Gasteiger partial charge in [0.05, 0.1) is 20.1 Å². The van der Waals surface area contributed by atoms with Crippen molar-refractivity contribution in [2.45, 2.75) is 45.6 Å². The SMILES string of the molecule is CCCCC(CC)C(=O)OCC(COC(=O)C=Cc1ccc(OC)cc1)OC(=O)C=Cc1ccc(OC)cc1. The molecule has 2 aromatic rings. The van der Waals surface area contributed by atoms with Crippen LogP contribution in [-0.4, -0.2) is 51.4 Å². The second-order valence-electron chi connectivity index (χ2n) is 8.78. The van der Waals surface area contributed by atoms with Gasteiger partial charge in [0.15, 0.2) is 6.10 Å². The van der Waals surface area contributed by atoms with Crippen LogP contribution >= 0.6 is 0 Å². The first kappa shape index (κ1) is 31.1. The van der Waals surface area contributed by atoms with E-state index >= 15 is 0 Å². The van der Waals surface area contributed by atoms with Crippen LogP contribution in [0.3, 0.4) is 0 Å². The minimum Gasteiger partial charge on any atom is -0.497 e. The van der Waals surface area contributed by atoms with Crippen LogP contribution in [0.4, 0.5) is 0 Å². The van der Waals surface area contributed by atoms with E-state index in [0.29, 0.717) is 17.9 Å². The van der Waals surface area contributed by atoms with E-state index < -0.39 is 18.0 Å². The first-order valence-electron chi connectivity index (χ1n) is 13.1. The Hall–Kier alpha value is -4.07. The molecule has 2 unspecified atom stereocenters. The van der Waals surface area contributed by atoms with Crippen molar-refractivity contribution in [2.75, 3.05) is 27.4 Å². The molecule has 0 aliphatic rings. The highest BCUT2D eigenvalue weighted by Gasteiger charge is 2.22. The molecule has 0 N–H and O–H groups in total. The molecule has 0 saturated carbocycles. The molecule has 0 radical (unpaired) electrons. The largest absolute Gasteiger partial charge is 0.497 e. The second-order valence-corrected chi connectivity index (χ2v) is 8.78. The van der Waals surface area contributed by atoms with Gasteiger partial charge in [0.25, 0.3) is 0 Å². The highest BCUT2D eigenvalue weighted by atomic mass is 16.6. The van der Waals surface area contributed by atoms with E-state index in [2.05, 4.69) is 6.92 Å². The third-order valence-electron chi connectivity index (χ3n) is 5.89. The maximum Gasteiger partial charge on any atom is 0.331 e. The van der Waals surface area contributed by atoms with E-state index in [4.69, 9.17) is 23.7 Å². The van der Waals surface area contributed by atoms with E-state index in [9.17, 15) is 14.4 Å². The van der Waals surface area contributed by atoms with Gasteiger partial charge in [-0.2, -0.15) is 0 Å². The molecule has 2 aromatic carbocycles. The molecular formula is C31H38O8. The highest BCUT2D eigenvalue weighted by Crippen LogP contribution is 2.16. The van der Waals surface area contributed by atoms with E-state index in [1.165, 1.54) is 12.2 Å². The minimum atomic E-state index is -0.969. The summed E-state index contributed by atoms with van der Waals surface area (Å²) in [5.41, 5.74) is 1.55. The van der Waals surface area contributed by atoms with Crippen LogP contribution in [0.2, 0.25) is 0 Å². The third kappa shape index (κ3) is 11.9. The van der Waals surface area contributed by atoms with Crippen molar-refractivity contribution in [1.29, 1.82) is 0 Å². The van der Waals surface area contributed by atoms with Crippen molar-refractivity contribution in [2.24, 2.45) is 5.92 Å². The number of hydrogen-bond acceptors (Lipinski definition) is 8. The lowest BCUT2D eigenvalue weighted by atomic mass is 10.00. The molecule has 2 atom stereocenters. The number of carbonyl (C=O) groups excluding carboxylic acids is 3. The van der Waals surface area contributed by atoms with Gasteiger partial charge in [0.2, 0.25) is 0 Å². The van der Waals surface area contributed by atoms with E-state index in [-0.39, 0.29) is 25.1 Å². The zero-order valence-corrected chi connectivity index (χ0v) is 23.1. The predicted octanol–water partition coefficient (Wildman–Crippen LogP) is 5.65. The first-order chi connectivity index (χ1) is 18.9. The zero-order chi connectivity index (χ0) is 28.5. The van der Waals surface area contributed by atoms with Crippen LogP contribution in [0.25, 0.3) is 12.2 Å². The number of carbonyl (C=O) groups is 3. The predicted molar refractivity (Wildman–Crippen MR) is 149 cm³/mol. The van der Waals surface area contributed by atoms with Gasteiger partial charge in [0, 0.05) is 12.2 Å². The molecule has 0 saturated heterocycles. The summed E-state index contributed by atoms with van der Waals surface area (Å²) in [5.74, 6) is -0.465. The molecule has 0 fully saturated rings. The number of hydrogen-bond donors (Lipinski definition) is 0. The molecule has 8 nitrogen and oxygen atoms in total. The Morgan fingerprint density at radius 2 is 1.26 bits per heavy atom. The topological polar surface area (TPSA) is 97.4 Å². The highest BCUT2D eigenvalue weighted by molar-refractivity contribution is 5.88. The smallest absolute Gasteiger partial charge is 0.331 e. The molecule has 0 bridgehead atoms. The zero-order valence-electron chi connectivity index (χ0n) is 23.1. The van der Waals surface area contributed by atoms with Gasteiger partial charge in [-0.1, -0.05) is 51.0 Å². The minimum absolute atomic E-state index is 0.223. The fraction of sp³-hybridized carbons (Fsp3) is 0.387. The molecule has 0 aliphatic carbocycles. The van der Waals surface area contributed by atoms with Crippen molar-refractivity contribution >= 4 is 30.1 Å². The van der Waals surface area contributed by atoms with E-state index in [1.807, 2.05) is 6.92 Å². The van der Waals surface area contributed by atoms with E-state index in [1.54, 1.807) is 74.9 Å². The molecule has 2 rings (SSSR count). The van der Waals surface area contributed by atoms with Crippen molar-refractivity contribution in [3.8, 4) is 11.5 Å². The summed E-state index contributed by atoms with van der Waals surface area (Å²) in [5, 5.41) is 0. The average Bonchev–Trinajstić information content (AvgIpc) is 2.97. The first-order valence-corrected chi connectivity index (χ1v) is 13.1. The number of benzene rings is 2. The van der Waals surface area contributed by atoms with Crippen LogP contribution in [-0.2, 0) is 28.6 Å². The maximum absolute atomic E-state index is 12.6.